The summed E-state index contributed by atoms with van der Waals surface area (Å²) in [6, 6.07) is 2.09. The Bertz CT molecular complexity index is 450. The molecule has 0 radical (unpaired) electrons. The molecule has 0 aliphatic carbocycles. The zero-order chi connectivity index (χ0) is 15.4. The molecule has 1 fully saturated rings. The molecule has 0 saturated carbocycles. The lowest BCUT2D eigenvalue weighted by Gasteiger charge is -2.30. The molecule has 5 heteroatoms. The van der Waals surface area contributed by atoms with Crippen molar-refractivity contribution in [2.24, 2.45) is 0 Å². The predicted octanol–water partition coefficient (Wildman–Crippen LogP) is 3.63. The largest absolute Gasteiger partial charge is 0.306 e. The van der Waals surface area contributed by atoms with Crippen LogP contribution >= 0.6 is 0 Å². The number of halogens is 3. The first kappa shape index (κ1) is 16.3. The molecule has 0 aromatic heterocycles. The van der Waals surface area contributed by atoms with Crippen LogP contribution in [0.2, 0.25) is 0 Å². The Morgan fingerprint density at radius 2 is 1.62 bits per heavy atom. The summed E-state index contributed by atoms with van der Waals surface area (Å²) in [7, 11) is 0. The molecule has 1 aliphatic rings. The second kappa shape index (κ2) is 7.27. The first-order chi connectivity index (χ1) is 9.97. The van der Waals surface area contributed by atoms with Gasteiger partial charge >= 0.3 is 0 Å². The number of rotatable bonds is 5. The van der Waals surface area contributed by atoms with Crippen LogP contribution in [-0.4, -0.2) is 30.6 Å². The molecule has 1 aromatic carbocycles. The maximum Gasteiger partial charge on any atom is 0.194 e. The van der Waals surface area contributed by atoms with Crippen molar-refractivity contribution in [1.82, 2.24) is 10.2 Å². The van der Waals surface area contributed by atoms with Crippen molar-refractivity contribution in [3.8, 4) is 0 Å². The highest BCUT2D eigenvalue weighted by atomic mass is 19.2. The third-order valence-electron chi connectivity index (χ3n) is 4.02. The van der Waals surface area contributed by atoms with E-state index in [0.717, 1.165) is 31.8 Å². The number of piperidine rings is 1. The standard InChI is InChI=1S/C16H23F3N2/c1-11(10-21-6-4-3-5-7-21)20-12(2)13-8-14(17)16(19)15(18)9-13/h8-9,11-12,20H,3-7,10H2,1-2H3/t11-,12-/m0/s1. The molecule has 0 unspecified atom stereocenters. The Labute approximate surface area is 124 Å². The van der Waals surface area contributed by atoms with Gasteiger partial charge < -0.3 is 10.2 Å². The summed E-state index contributed by atoms with van der Waals surface area (Å²) in [5.74, 6) is -3.68. The zero-order valence-corrected chi connectivity index (χ0v) is 12.6. The van der Waals surface area contributed by atoms with Gasteiger partial charge in [0.1, 0.15) is 0 Å². The zero-order valence-electron chi connectivity index (χ0n) is 12.6. The van der Waals surface area contributed by atoms with Crippen molar-refractivity contribution in [3.63, 3.8) is 0 Å². The van der Waals surface area contributed by atoms with E-state index in [1.54, 1.807) is 0 Å². The van der Waals surface area contributed by atoms with E-state index in [4.69, 9.17) is 0 Å². The van der Waals surface area contributed by atoms with Gasteiger partial charge in [0.2, 0.25) is 0 Å². The Morgan fingerprint density at radius 1 is 1.05 bits per heavy atom. The Balaban J connectivity index is 1.92. The lowest BCUT2D eigenvalue weighted by atomic mass is 10.1. The Morgan fingerprint density at radius 3 is 2.19 bits per heavy atom. The molecule has 1 heterocycles. The molecule has 0 spiro atoms. The van der Waals surface area contributed by atoms with Crippen LogP contribution < -0.4 is 5.32 Å². The van der Waals surface area contributed by atoms with Gasteiger partial charge in [0.25, 0.3) is 0 Å². The third kappa shape index (κ3) is 4.45. The average Bonchev–Trinajstić information content (AvgIpc) is 2.45. The minimum atomic E-state index is -1.41. The van der Waals surface area contributed by atoms with Crippen LogP contribution in [0.4, 0.5) is 13.2 Å². The highest BCUT2D eigenvalue weighted by Crippen LogP contribution is 2.20. The van der Waals surface area contributed by atoms with Crippen LogP contribution in [0, 0.1) is 17.5 Å². The van der Waals surface area contributed by atoms with E-state index in [1.807, 2.05) is 6.92 Å². The van der Waals surface area contributed by atoms with Gasteiger partial charge in [-0.05, 0) is 57.5 Å². The highest BCUT2D eigenvalue weighted by Gasteiger charge is 2.18. The van der Waals surface area contributed by atoms with E-state index < -0.39 is 17.5 Å². The number of likely N-dealkylation sites (tertiary alicyclic amines) is 1. The molecular weight excluding hydrogens is 277 g/mol. The SMILES string of the molecule is C[C@H](N[C@@H](C)CN1CCCCC1)c1cc(F)c(F)c(F)c1. The van der Waals surface area contributed by atoms with Crippen molar-refractivity contribution >= 4 is 0 Å². The Kier molecular flexibility index (Phi) is 5.65. The maximum absolute atomic E-state index is 13.3. The van der Waals surface area contributed by atoms with Gasteiger partial charge in [-0.15, -0.1) is 0 Å². The summed E-state index contributed by atoms with van der Waals surface area (Å²) in [4.78, 5) is 2.40. The normalized spacial score (nSPS) is 19.5. The van der Waals surface area contributed by atoms with Crippen LogP contribution in [0.25, 0.3) is 0 Å². The summed E-state index contributed by atoms with van der Waals surface area (Å²) in [6.07, 6.45) is 3.76. The molecule has 1 aliphatic heterocycles. The number of nitrogens with one attached hydrogen (secondary N) is 1. The van der Waals surface area contributed by atoms with E-state index in [9.17, 15) is 13.2 Å². The summed E-state index contributed by atoms with van der Waals surface area (Å²) in [6.45, 7) is 7.02. The molecule has 118 valence electrons. The second-order valence-corrected chi connectivity index (χ2v) is 5.95. The molecule has 1 N–H and O–H groups in total. The topological polar surface area (TPSA) is 15.3 Å². The van der Waals surface area contributed by atoms with Crippen molar-refractivity contribution in [2.75, 3.05) is 19.6 Å². The molecule has 0 bridgehead atoms. The third-order valence-corrected chi connectivity index (χ3v) is 4.02. The van der Waals surface area contributed by atoms with E-state index in [0.29, 0.717) is 5.56 Å². The number of hydrogen-bond donors (Lipinski definition) is 1. The van der Waals surface area contributed by atoms with Gasteiger partial charge in [-0.3, -0.25) is 0 Å². The van der Waals surface area contributed by atoms with Crippen LogP contribution in [0.5, 0.6) is 0 Å². The summed E-state index contributed by atoms with van der Waals surface area (Å²) in [5.41, 5.74) is 0.428. The molecule has 2 nitrogen and oxygen atoms in total. The minimum Gasteiger partial charge on any atom is -0.306 e. The van der Waals surface area contributed by atoms with Crippen molar-refractivity contribution in [2.45, 2.75) is 45.2 Å². The molecule has 1 saturated heterocycles. The quantitative estimate of drug-likeness (QED) is 0.835. The molecule has 2 rings (SSSR count). The molecule has 1 aromatic rings. The number of hydrogen-bond acceptors (Lipinski definition) is 2. The van der Waals surface area contributed by atoms with Gasteiger partial charge in [-0.1, -0.05) is 6.42 Å². The van der Waals surface area contributed by atoms with Crippen molar-refractivity contribution in [3.05, 3.63) is 35.1 Å². The summed E-state index contributed by atoms with van der Waals surface area (Å²) >= 11 is 0. The average molecular weight is 300 g/mol. The predicted molar refractivity (Wildman–Crippen MR) is 77.6 cm³/mol. The summed E-state index contributed by atoms with van der Waals surface area (Å²) in [5, 5.41) is 3.32. The smallest absolute Gasteiger partial charge is 0.194 e. The molecule has 2 atom stereocenters. The molecule has 0 amide bonds. The van der Waals surface area contributed by atoms with E-state index in [-0.39, 0.29) is 12.1 Å². The van der Waals surface area contributed by atoms with Crippen LogP contribution in [-0.2, 0) is 0 Å². The first-order valence-corrected chi connectivity index (χ1v) is 7.60. The first-order valence-electron chi connectivity index (χ1n) is 7.60. The monoisotopic (exact) mass is 300 g/mol. The van der Waals surface area contributed by atoms with Gasteiger partial charge in [0.15, 0.2) is 17.5 Å². The fourth-order valence-electron chi connectivity index (χ4n) is 2.93. The van der Waals surface area contributed by atoms with Crippen molar-refractivity contribution < 1.29 is 13.2 Å². The molecular formula is C16H23F3N2. The highest BCUT2D eigenvalue weighted by molar-refractivity contribution is 5.22. The van der Waals surface area contributed by atoms with Gasteiger partial charge in [-0.2, -0.15) is 0 Å². The van der Waals surface area contributed by atoms with Gasteiger partial charge in [0, 0.05) is 18.6 Å². The number of nitrogens with zero attached hydrogens (tertiary/aromatic N) is 1. The van der Waals surface area contributed by atoms with E-state index in [1.165, 1.54) is 19.3 Å². The van der Waals surface area contributed by atoms with Gasteiger partial charge in [0.05, 0.1) is 0 Å². The van der Waals surface area contributed by atoms with E-state index >= 15 is 0 Å². The van der Waals surface area contributed by atoms with Crippen LogP contribution in [0.15, 0.2) is 12.1 Å². The number of benzene rings is 1. The lowest BCUT2D eigenvalue weighted by Crippen LogP contribution is -2.42. The fraction of sp³-hybridized carbons (Fsp3) is 0.625. The van der Waals surface area contributed by atoms with Crippen LogP contribution in [0.3, 0.4) is 0 Å². The van der Waals surface area contributed by atoms with Crippen molar-refractivity contribution in [1.29, 1.82) is 0 Å². The lowest BCUT2D eigenvalue weighted by molar-refractivity contribution is 0.205. The summed E-state index contributed by atoms with van der Waals surface area (Å²) < 4.78 is 39.5. The van der Waals surface area contributed by atoms with Crippen LogP contribution in [0.1, 0.15) is 44.7 Å². The fourth-order valence-corrected chi connectivity index (χ4v) is 2.93. The van der Waals surface area contributed by atoms with E-state index in [2.05, 4.69) is 17.1 Å². The van der Waals surface area contributed by atoms with Gasteiger partial charge in [-0.25, -0.2) is 13.2 Å². The Hall–Kier alpha value is -1.07. The maximum atomic E-state index is 13.3. The minimum absolute atomic E-state index is 0.203. The molecule has 21 heavy (non-hydrogen) atoms. The second-order valence-electron chi connectivity index (χ2n) is 5.95.